The molecule has 10 aromatic carbocycles. The average molecular weight is 1180 g/mol. The van der Waals surface area contributed by atoms with Crippen molar-refractivity contribution in [2.24, 2.45) is 20.5 Å². The van der Waals surface area contributed by atoms with E-state index in [2.05, 4.69) is 20.5 Å². The second kappa shape index (κ2) is 24.6. The van der Waals surface area contributed by atoms with Gasteiger partial charge in [-0.2, -0.15) is 0 Å². The molecule has 8 N–H and O–H groups in total. The molecule has 0 aromatic heterocycles. The number of hydrogen-bond acceptors (Lipinski definition) is 20. The van der Waals surface area contributed by atoms with Crippen LogP contribution in [0.15, 0.2) is 198 Å². The summed E-state index contributed by atoms with van der Waals surface area (Å²) in [6, 6.07) is 38.2. The van der Waals surface area contributed by atoms with Crippen LogP contribution in [0, 0.1) is 0 Å². The standard InChI is InChI=1S/C52H38N8O12S4.4Na/c53-39-25-41(49(73(61,62)63)35-13-5-1-9-31(35)39)57-59-47-43(45(55)33-11-3-7-15-37(33)51(47)75(67,68)69)29-21-17-27(18-22-29)28-19-23-30(24-20-28)44-46(56)34-12-4-8-16-38(34)52(76(70,71)72)48(44)60-58-42-26-40(54)32-10-2-6-14-36(32)50(42)74(64,65)66;;;;/h1-26H,53-56H2,(H,61,62,63)(H,64,65,66)(H,67,68,69)(H,70,71,72);;;;/q;4*+1/p-4. The molecule has 0 aliphatic rings. The summed E-state index contributed by atoms with van der Waals surface area (Å²) in [5, 5.41) is 16.8. The Balaban J connectivity index is 0.00000258. The first-order valence-corrected chi connectivity index (χ1v) is 27.8. The van der Waals surface area contributed by atoms with Crippen LogP contribution in [0.3, 0.4) is 0 Å². The molecule has 10 aromatic rings. The second-order valence-electron chi connectivity index (χ2n) is 17.1. The third kappa shape index (κ3) is 12.2. The molecule has 20 nitrogen and oxygen atoms in total. The molecule has 0 atom stereocenters. The number of anilines is 4. The quantitative estimate of drug-likeness (QED) is 0.0475. The van der Waals surface area contributed by atoms with Gasteiger partial charge in [-0.3, -0.25) is 0 Å². The molecule has 382 valence electrons. The monoisotopic (exact) mass is 1180 g/mol. The van der Waals surface area contributed by atoms with E-state index in [0.717, 1.165) is 12.1 Å². The van der Waals surface area contributed by atoms with E-state index in [9.17, 15) is 51.9 Å². The van der Waals surface area contributed by atoms with Crippen LogP contribution < -0.4 is 141 Å². The van der Waals surface area contributed by atoms with E-state index in [1.165, 1.54) is 97.1 Å². The summed E-state index contributed by atoms with van der Waals surface area (Å²) in [7, 11) is -21.4. The Kier molecular flexibility index (Phi) is 19.8. The van der Waals surface area contributed by atoms with Gasteiger partial charge in [0.25, 0.3) is 0 Å². The summed E-state index contributed by atoms with van der Waals surface area (Å²) < 4.78 is 156. The molecule has 0 unspecified atom stereocenters. The molecule has 0 aliphatic carbocycles. The molecule has 80 heavy (non-hydrogen) atoms. The first-order chi connectivity index (χ1) is 35.9. The van der Waals surface area contributed by atoms with Crippen molar-refractivity contribution < 1.29 is 170 Å². The van der Waals surface area contributed by atoms with Gasteiger partial charge in [0.1, 0.15) is 63.2 Å². The predicted octanol–water partition coefficient (Wildman–Crippen LogP) is -1.91. The third-order valence-electron chi connectivity index (χ3n) is 12.6. The summed E-state index contributed by atoms with van der Waals surface area (Å²) in [6.07, 6.45) is 0. The number of fused-ring (bicyclic) bond motifs is 4. The van der Waals surface area contributed by atoms with Gasteiger partial charge in [-0.15, -0.1) is 20.5 Å². The maximum atomic E-state index is 13.2. The minimum atomic E-state index is -5.41. The molecule has 0 spiro atoms. The zero-order valence-corrected chi connectivity index (χ0v) is 53.9. The molecule has 0 heterocycles. The SMILES string of the molecule is Nc1cc(N=Nc2c(-c3ccc(-c4ccc(-c5c(N=Nc6cc(N)c7ccccc7c6S(=O)(=O)[O-])c(S(=O)(=O)[O-])c6ccccc6c5N)cc4)cc3)c(N)c3ccccc3c2S(=O)(=O)[O-])c(S(=O)(=O)[O-])c2ccccc12.[Na+].[Na+].[Na+].[Na+]. The normalized spacial score (nSPS) is 12.1. The summed E-state index contributed by atoms with van der Waals surface area (Å²) in [4.78, 5) is -3.27. The number of nitrogens with zero attached hydrogens (tertiary/aromatic N) is 4. The molecule has 0 saturated carbocycles. The topological polar surface area (TPSA) is 382 Å². The molecule has 0 bridgehead atoms. The molecule has 0 radical (unpaired) electrons. The van der Waals surface area contributed by atoms with Gasteiger partial charge in [0, 0.05) is 77.0 Å². The number of nitrogen functional groups attached to an aromatic ring is 4. The van der Waals surface area contributed by atoms with E-state index in [1.807, 2.05) is 0 Å². The first kappa shape index (κ1) is 64.4. The van der Waals surface area contributed by atoms with E-state index in [0.29, 0.717) is 11.1 Å². The van der Waals surface area contributed by atoms with Gasteiger partial charge in [-0.25, -0.2) is 33.7 Å². The van der Waals surface area contributed by atoms with Gasteiger partial charge in [0.2, 0.25) is 0 Å². The zero-order valence-electron chi connectivity index (χ0n) is 42.6. The number of benzene rings is 10. The van der Waals surface area contributed by atoms with Crippen molar-refractivity contribution in [3.8, 4) is 33.4 Å². The van der Waals surface area contributed by atoms with Gasteiger partial charge < -0.3 is 41.1 Å². The largest absolute Gasteiger partial charge is 1.00 e. The second-order valence-corrected chi connectivity index (χ2v) is 22.4. The van der Waals surface area contributed by atoms with Crippen molar-refractivity contribution in [1.82, 2.24) is 0 Å². The number of azo groups is 2. The van der Waals surface area contributed by atoms with Gasteiger partial charge in [-0.05, 0) is 34.4 Å². The van der Waals surface area contributed by atoms with E-state index < -0.39 is 82.8 Å². The molecule has 0 aliphatic heterocycles. The molecule has 0 amide bonds. The fourth-order valence-corrected chi connectivity index (χ4v) is 12.6. The fourth-order valence-electron chi connectivity index (χ4n) is 9.38. The van der Waals surface area contributed by atoms with Crippen LogP contribution in [-0.2, 0) is 40.5 Å². The Morgan fingerprint density at radius 3 is 0.812 bits per heavy atom. The van der Waals surface area contributed by atoms with Crippen LogP contribution in [-0.4, -0.2) is 51.9 Å². The predicted molar refractivity (Wildman–Crippen MR) is 284 cm³/mol. The smallest absolute Gasteiger partial charge is 0.744 e. The molecule has 0 saturated heterocycles. The van der Waals surface area contributed by atoms with Gasteiger partial charge in [0.15, 0.2) is 0 Å². The van der Waals surface area contributed by atoms with Crippen LogP contribution in [0.25, 0.3) is 76.5 Å². The third-order valence-corrected chi connectivity index (χ3v) is 16.3. The van der Waals surface area contributed by atoms with Crippen molar-refractivity contribution in [3.05, 3.63) is 158 Å². The maximum absolute atomic E-state index is 13.2. The van der Waals surface area contributed by atoms with Gasteiger partial charge in [0.05, 0.1) is 19.6 Å². The van der Waals surface area contributed by atoms with Crippen molar-refractivity contribution in [2.45, 2.75) is 19.6 Å². The molecular formula is C52H34N8Na4O12S4. The van der Waals surface area contributed by atoms with Crippen LogP contribution in [0.4, 0.5) is 45.5 Å². The number of hydrogen-bond donors (Lipinski definition) is 4. The van der Waals surface area contributed by atoms with E-state index in [4.69, 9.17) is 22.9 Å². The minimum absolute atomic E-state index is 0. The summed E-state index contributed by atoms with van der Waals surface area (Å²) in [5.41, 5.74) is 25.0. The molecule has 10 rings (SSSR count). The molecule has 0 fully saturated rings. The van der Waals surface area contributed by atoms with Crippen LogP contribution in [0.1, 0.15) is 0 Å². The Hall–Kier alpha value is -4.72. The fraction of sp³-hybridized carbons (Fsp3) is 0. The first-order valence-electron chi connectivity index (χ1n) is 22.1. The molecule has 28 heteroatoms. The number of nitrogens with two attached hydrogens (primary N) is 4. The summed E-state index contributed by atoms with van der Waals surface area (Å²) in [5.74, 6) is 0. The average Bonchev–Trinajstić information content (AvgIpc) is 3.54. The van der Waals surface area contributed by atoms with E-state index in [1.54, 1.807) is 48.5 Å². The van der Waals surface area contributed by atoms with Gasteiger partial charge in [-0.1, -0.05) is 146 Å². The van der Waals surface area contributed by atoms with Crippen molar-refractivity contribution in [2.75, 3.05) is 22.9 Å². The Morgan fingerprint density at radius 2 is 0.537 bits per heavy atom. The number of rotatable bonds is 11. The maximum Gasteiger partial charge on any atom is 1.00 e. The Bertz CT molecular complexity index is 4400. The van der Waals surface area contributed by atoms with Crippen LogP contribution in [0.5, 0.6) is 0 Å². The van der Waals surface area contributed by atoms with Crippen molar-refractivity contribution >= 4 is 129 Å². The summed E-state index contributed by atoms with van der Waals surface area (Å²) in [6.45, 7) is 0. The van der Waals surface area contributed by atoms with E-state index in [-0.39, 0.29) is 206 Å². The summed E-state index contributed by atoms with van der Waals surface area (Å²) >= 11 is 0. The van der Waals surface area contributed by atoms with Crippen LogP contribution in [0.2, 0.25) is 0 Å². The molecular weight excluding hydrogens is 1150 g/mol. The van der Waals surface area contributed by atoms with Crippen molar-refractivity contribution in [3.63, 3.8) is 0 Å². The Labute approximate surface area is 546 Å². The minimum Gasteiger partial charge on any atom is -0.744 e. The van der Waals surface area contributed by atoms with Gasteiger partial charge >= 0.3 is 118 Å². The van der Waals surface area contributed by atoms with E-state index >= 15 is 0 Å². The van der Waals surface area contributed by atoms with Crippen molar-refractivity contribution in [1.29, 1.82) is 0 Å². The zero-order chi connectivity index (χ0) is 54.2. The van der Waals surface area contributed by atoms with Crippen LogP contribution >= 0.6 is 0 Å². The Morgan fingerprint density at radius 1 is 0.300 bits per heavy atom.